The highest BCUT2D eigenvalue weighted by atomic mass is 16.6. The second kappa shape index (κ2) is 8.73. The summed E-state index contributed by atoms with van der Waals surface area (Å²) in [6, 6.07) is 10.0. The van der Waals surface area contributed by atoms with Crippen LogP contribution >= 0.6 is 0 Å². The number of hydrogen-bond acceptors (Lipinski definition) is 5. The van der Waals surface area contributed by atoms with Crippen molar-refractivity contribution < 1.29 is 19.2 Å². The van der Waals surface area contributed by atoms with E-state index < -0.39 is 11.0 Å². The lowest BCUT2D eigenvalue weighted by atomic mass is 9.92. The Labute approximate surface area is 163 Å². The summed E-state index contributed by atoms with van der Waals surface area (Å²) in [5.41, 5.74) is 2.74. The molecule has 0 saturated heterocycles. The van der Waals surface area contributed by atoms with Crippen molar-refractivity contribution in [3.8, 4) is 11.5 Å². The van der Waals surface area contributed by atoms with Gasteiger partial charge in [-0.2, -0.15) is 0 Å². The third kappa shape index (κ3) is 4.42. The van der Waals surface area contributed by atoms with Crippen molar-refractivity contribution in [2.45, 2.75) is 45.1 Å². The largest absolute Gasteiger partial charge is 0.495 e. The molecule has 1 aliphatic carbocycles. The van der Waals surface area contributed by atoms with E-state index in [-0.39, 0.29) is 17.3 Å². The number of anilines is 1. The predicted molar refractivity (Wildman–Crippen MR) is 106 cm³/mol. The monoisotopic (exact) mass is 384 g/mol. The summed E-state index contributed by atoms with van der Waals surface area (Å²) < 4.78 is 11.1. The maximum atomic E-state index is 12.7. The quantitative estimate of drug-likeness (QED) is 0.568. The third-order valence-electron chi connectivity index (χ3n) is 4.91. The summed E-state index contributed by atoms with van der Waals surface area (Å²) in [4.78, 5) is 23.2. The van der Waals surface area contributed by atoms with Crippen molar-refractivity contribution in [1.29, 1.82) is 0 Å². The van der Waals surface area contributed by atoms with Crippen LogP contribution in [-0.2, 0) is 17.6 Å². The number of carbonyl (C=O) groups excluding carboxylic acids is 1. The van der Waals surface area contributed by atoms with Crippen LogP contribution in [0.25, 0.3) is 0 Å². The van der Waals surface area contributed by atoms with E-state index in [1.165, 1.54) is 49.3 Å². The predicted octanol–water partition coefficient (Wildman–Crippen LogP) is 4.28. The number of aryl methyl sites for hydroxylation is 2. The maximum absolute atomic E-state index is 12.7. The smallest absolute Gasteiger partial charge is 0.271 e. The Morgan fingerprint density at radius 1 is 1.18 bits per heavy atom. The van der Waals surface area contributed by atoms with Gasteiger partial charge in [0.05, 0.1) is 17.7 Å². The van der Waals surface area contributed by atoms with Gasteiger partial charge in [0.2, 0.25) is 0 Å². The number of amides is 1. The van der Waals surface area contributed by atoms with Crippen LogP contribution in [0.4, 0.5) is 11.4 Å². The molecular weight excluding hydrogens is 360 g/mol. The van der Waals surface area contributed by atoms with Gasteiger partial charge in [-0.15, -0.1) is 0 Å². The molecule has 2 aromatic carbocycles. The number of non-ortho nitro benzene ring substituents is 1. The second-order valence-electron chi connectivity index (χ2n) is 6.78. The van der Waals surface area contributed by atoms with Gasteiger partial charge in [0.1, 0.15) is 11.5 Å². The molecule has 2 aromatic rings. The van der Waals surface area contributed by atoms with Gasteiger partial charge in [-0.3, -0.25) is 14.9 Å². The molecule has 3 rings (SSSR count). The van der Waals surface area contributed by atoms with Crippen LogP contribution in [0.15, 0.2) is 36.4 Å². The Balaban J connectivity index is 1.75. The van der Waals surface area contributed by atoms with E-state index in [9.17, 15) is 14.9 Å². The number of benzene rings is 2. The molecule has 1 amide bonds. The molecular formula is C21H24N2O5. The van der Waals surface area contributed by atoms with Crippen LogP contribution in [0.5, 0.6) is 11.5 Å². The van der Waals surface area contributed by atoms with E-state index in [0.29, 0.717) is 17.9 Å². The van der Waals surface area contributed by atoms with Crippen molar-refractivity contribution in [3.05, 3.63) is 57.6 Å². The molecule has 28 heavy (non-hydrogen) atoms. The summed E-state index contributed by atoms with van der Waals surface area (Å²) >= 11 is 0. The highest BCUT2D eigenvalue weighted by Crippen LogP contribution is 2.30. The Kier molecular flexibility index (Phi) is 6.13. The van der Waals surface area contributed by atoms with E-state index in [1.807, 2.05) is 19.1 Å². The van der Waals surface area contributed by atoms with E-state index >= 15 is 0 Å². The fraction of sp³-hybridized carbons (Fsp3) is 0.381. The Morgan fingerprint density at radius 3 is 2.61 bits per heavy atom. The average molecular weight is 384 g/mol. The van der Waals surface area contributed by atoms with E-state index in [2.05, 4.69) is 11.4 Å². The minimum absolute atomic E-state index is 0.125. The number of rotatable bonds is 7. The molecule has 0 radical (unpaired) electrons. The molecule has 1 aliphatic rings. The number of nitro groups is 1. The second-order valence-corrected chi connectivity index (χ2v) is 6.78. The molecule has 0 fully saturated rings. The van der Waals surface area contributed by atoms with Gasteiger partial charge >= 0.3 is 0 Å². The molecule has 0 bridgehead atoms. The van der Waals surface area contributed by atoms with Crippen LogP contribution < -0.4 is 14.8 Å². The van der Waals surface area contributed by atoms with E-state index in [4.69, 9.17) is 9.47 Å². The fourth-order valence-corrected chi connectivity index (χ4v) is 3.39. The molecule has 0 saturated carbocycles. The number of nitrogens with zero attached hydrogens (tertiary/aromatic N) is 1. The zero-order chi connectivity index (χ0) is 20.1. The summed E-state index contributed by atoms with van der Waals surface area (Å²) in [5, 5.41) is 13.7. The SMILES string of the molecule is CC[C@H](Oc1ccc2c(c1)CCCC2)C(=O)Nc1cc([N+](=O)[O-])ccc1OC. The van der Waals surface area contributed by atoms with Crippen LogP contribution in [0, 0.1) is 10.1 Å². The van der Waals surface area contributed by atoms with Crippen molar-refractivity contribution in [3.63, 3.8) is 0 Å². The number of methoxy groups -OCH3 is 1. The minimum atomic E-state index is -0.717. The number of carbonyl (C=O) groups is 1. The first-order chi connectivity index (χ1) is 13.5. The maximum Gasteiger partial charge on any atom is 0.271 e. The first-order valence-electron chi connectivity index (χ1n) is 9.43. The normalized spacial score (nSPS) is 13.9. The van der Waals surface area contributed by atoms with Crippen molar-refractivity contribution in [2.24, 2.45) is 0 Å². The molecule has 7 nitrogen and oxygen atoms in total. The van der Waals surface area contributed by atoms with Crippen LogP contribution in [-0.4, -0.2) is 24.0 Å². The third-order valence-corrected chi connectivity index (χ3v) is 4.91. The van der Waals surface area contributed by atoms with Crippen LogP contribution in [0.1, 0.15) is 37.3 Å². The van der Waals surface area contributed by atoms with E-state index in [1.54, 1.807) is 0 Å². The highest BCUT2D eigenvalue weighted by molar-refractivity contribution is 5.96. The minimum Gasteiger partial charge on any atom is -0.495 e. The molecule has 7 heteroatoms. The molecule has 0 aliphatic heterocycles. The summed E-state index contributed by atoms with van der Waals surface area (Å²) in [6.07, 6.45) is 4.23. The van der Waals surface area contributed by atoms with Gasteiger partial charge in [0.15, 0.2) is 6.10 Å². The van der Waals surface area contributed by atoms with Crippen molar-refractivity contribution >= 4 is 17.3 Å². The van der Waals surface area contributed by atoms with Crippen LogP contribution in [0.2, 0.25) is 0 Å². The van der Waals surface area contributed by atoms with E-state index in [0.717, 1.165) is 12.8 Å². The summed E-state index contributed by atoms with van der Waals surface area (Å²) in [5.74, 6) is 0.634. The topological polar surface area (TPSA) is 90.7 Å². The molecule has 0 aromatic heterocycles. The zero-order valence-corrected chi connectivity index (χ0v) is 16.1. The van der Waals surface area contributed by atoms with Gasteiger partial charge in [-0.05, 0) is 61.4 Å². The molecule has 1 atom stereocenters. The number of nitrogens with one attached hydrogen (secondary N) is 1. The van der Waals surface area contributed by atoms with Gasteiger partial charge in [0.25, 0.3) is 11.6 Å². The fourth-order valence-electron chi connectivity index (χ4n) is 3.39. The number of nitro benzene ring substituents is 1. The Bertz CT molecular complexity index is 881. The highest BCUT2D eigenvalue weighted by Gasteiger charge is 2.22. The number of ether oxygens (including phenoxy) is 2. The summed E-state index contributed by atoms with van der Waals surface area (Å²) in [6.45, 7) is 1.85. The molecule has 0 heterocycles. The van der Waals surface area contributed by atoms with Gasteiger partial charge < -0.3 is 14.8 Å². The zero-order valence-electron chi connectivity index (χ0n) is 16.1. The summed E-state index contributed by atoms with van der Waals surface area (Å²) in [7, 11) is 1.44. The molecule has 148 valence electrons. The number of fused-ring (bicyclic) bond motifs is 1. The van der Waals surface area contributed by atoms with Crippen molar-refractivity contribution in [1.82, 2.24) is 0 Å². The van der Waals surface area contributed by atoms with Gasteiger partial charge in [0, 0.05) is 12.1 Å². The molecule has 1 N–H and O–H groups in total. The lowest BCUT2D eigenvalue weighted by Gasteiger charge is -2.21. The van der Waals surface area contributed by atoms with Crippen molar-refractivity contribution in [2.75, 3.05) is 12.4 Å². The lowest BCUT2D eigenvalue weighted by Crippen LogP contribution is -2.32. The molecule has 0 spiro atoms. The lowest BCUT2D eigenvalue weighted by molar-refractivity contribution is -0.384. The average Bonchev–Trinajstić information content (AvgIpc) is 2.71. The Morgan fingerprint density at radius 2 is 1.93 bits per heavy atom. The van der Waals surface area contributed by atoms with Gasteiger partial charge in [-0.1, -0.05) is 13.0 Å². The molecule has 0 unspecified atom stereocenters. The Hall–Kier alpha value is -3.09. The standard InChI is InChI=1S/C21H24N2O5/c1-3-19(28-17-10-8-14-6-4-5-7-15(14)12-17)21(24)22-18-13-16(23(25)26)9-11-20(18)27-2/h8-13,19H,3-7H2,1-2H3,(H,22,24)/t19-/m0/s1. The number of hydrogen-bond donors (Lipinski definition) is 1. The van der Waals surface area contributed by atoms with Gasteiger partial charge in [-0.25, -0.2) is 0 Å². The first-order valence-corrected chi connectivity index (χ1v) is 9.43. The first kappa shape index (κ1) is 19.7. The van der Waals surface area contributed by atoms with Crippen LogP contribution in [0.3, 0.4) is 0 Å².